The van der Waals surface area contributed by atoms with Crippen LogP contribution in [0.15, 0.2) is 24.3 Å². The first-order valence-corrected chi connectivity index (χ1v) is 9.87. The highest BCUT2D eigenvalue weighted by atomic mass is 16.2. The Hall–Kier alpha value is -1.88. The molecule has 0 aromatic heterocycles. The summed E-state index contributed by atoms with van der Waals surface area (Å²) in [4.78, 5) is 28.8. The van der Waals surface area contributed by atoms with Crippen LogP contribution in [0.3, 0.4) is 0 Å². The number of carbonyl (C=O) groups excluding carboxylic acids is 2. The van der Waals surface area contributed by atoms with E-state index in [1.807, 2.05) is 26.0 Å². The van der Waals surface area contributed by atoms with E-state index in [0.717, 1.165) is 12.2 Å². The van der Waals surface area contributed by atoms with Crippen LogP contribution >= 0.6 is 0 Å². The normalized spacial score (nSPS) is 24.3. The maximum absolute atomic E-state index is 12.5. The van der Waals surface area contributed by atoms with Gasteiger partial charge in [-0.25, -0.2) is 0 Å². The van der Waals surface area contributed by atoms with Gasteiger partial charge in [0.05, 0.1) is 5.92 Å². The van der Waals surface area contributed by atoms with Crippen molar-refractivity contribution < 1.29 is 9.59 Å². The zero-order valence-electron chi connectivity index (χ0n) is 16.2. The fraction of sp³-hybridized carbons (Fsp3) is 0.619. The Labute approximate surface area is 156 Å². The predicted octanol–water partition coefficient (Wildman–Crippen LogP) is 3.26. The third-order valence-corrected chi connectivity index (χ3v) is 5.70. The molecule has 2 amide bonds. The lowest BCUT2D eigenvalue weighted by molar-refractivity contribution is -0.129. The molecule has 0 spiro atoms. The Morgan fingerprint density at radius 2 is 1.96 bits per heavy atom. The molecule has 1 aromatic carbocycles. The molecular formula is C21H31N3O2. The minimum atomic E-state index is -0.251. The lowest BCUT2D eigenvalue weighted by Gasteiger charge is -2.33. The van der Waals surface area contributed by atoms with Gasteiger partial charge in [-0.1, -0.05) is 18.6 Å². The molecule has 0 saturated carbocycles. The topological polar surface area (TPSA) is 52.7 Å². The highest BCUT2D eigenvalue weighted by molar-refractivity contribution is 5.97. The van der Waals surface area contributed by atoms with Crippen molar-refractivity contribution in [2.45, 2.75) is 65.1 Å². The van der Waals surface area contributed by atoms with Gasteiger partial charge in [0.25, 0.3) is 0 Å². The fourth-order valence-electron chi connectivity index (χ4n) is 3.97. The van der Waals surface area contributed by atoms with Crippen LogP contribution in [0.25, 0.3) is 0 Å². The molecule has 0 bridgehead atoms. The molecule has 3 rings (SSSR count). The number of anilines is 1. The van der Waals surface area contributed by atoms with Gasteiger partial charge in [0.15, 0.2) is 0 Å². The van der Waals surface area contributed by atoms with E-state index in [2.05, 4.69) is 29.3 Å². The number of carbonyl (C=O) groups is 2. The van der Waals surface area contributed by atoms with Crippen molar-refractivity contribution in [2.24, 2.45) is 5.92 Å². The van der Waals surface area contributed by atoms with Crippen molar-refractivity contribution in [2.75, 3.05) is 18.4 Å². The number of nitrogens with zero attached hydrogens (tertiary/aromatic N) is 2. The molecule has 2 fully saturated rings. The van der Waals surface area contributed by atoms with E-state index in [-0.39, 0.29) is 23.8 Å². The number of hydrogen-bond donors (Lipinski definition) is 1. The van der Waals surface area contributed by atoms with Gasteiger partial charge in [-0.2, -0.15) is 0 Å². The Bertz CT molecular complexity index is 641. The maximum Gasteiger partial charge on any atom is 0.229 e. The predicted molar refractivity (Wildman–Crippen MR) is 104 cm³/mol. The van der Waals surface area contributed by atoms with Crippen LogP contribution in [-0.2, 0) is 16.1 Å². The molecule has 1 aromatic rings. The van der Waals surface area contributed by atoms with Crippen molar-refractivity contribution in [1.82, 2.24) is 9.80 Å². The van der Waals surface area contributed by atoms with Crippen LogP contribution in [0.5, 0.6) is 0 Å². The molecule has 26 heavy (non-hydrogen) atoms. The molecule has 5 heteroatoms. The van der Waals surface area contributed by atoms with Gasteiger partial charge in [0.2, 0.25) is 11.8 Å². The number of hydrogen-bond acceptors (Lipinski definition) is 3. The zero-order valence-corrected chi connectivity index (χ0v) is 16.2. The van der Waals surface area contributed by atoms with Gasteiger partial charge in [0, 0.05) is 37.3 Å². The summed E-state index contributed by atoms with van der Waals surface area (Å²) in [5, 5.41) is 2.97. The van der Waals surface area contributed by atoms with Gasteiger partial charge in [0.1, 0.15) is 0 Å². The quantitative estimate of drug-likeness (QED) is 0.880. The first-order chi connectivity index (χ1) is 12.4. The molecule has 142 valence electrons. The van der Waals surface area contributed by atoms with Crippen molar-refractivity contribution in [3.05, 3.63) is 29.8 Å². The number of nitrogens with one attached hydrogen (secondary N) is 1. The molecule has 2 saturated heterocycles. The average molecular weight is 357 g/mol. The van der Waals surface area contributed by atoms with Crippen molar-refractivity contribution in [3.63, 3.8) is 0 Å². The Morgan fingerprint density at radius 3 is 2.58 bits per heavy atom. The van der Waals surface area contributed by atoms with Crippen LogP contribution in [0.1, 0.15) is 52.0 Å². The van der Waals surface area contributed by atoms with Crippen LogP contribution in [0.2, 0.25) is 0 Å². The first kappa shape index (κ1) is 18.9. The van der Waals surface area contributed by atoms with E-state index in [9.17, 15) is 9.59 Å². The van der Waals surface area contributed by atoms with E-state index in [4.69, 9.17) is 0 Å². The molecule has 2 atom stereocenters. The summed E-state index contributed by atoms with van der Waals surface area (Å²) >= 11 is 0. The number of piperidine rings is 1. The van der Waals surface area contributed by atoms with E-state index >= 15 is 0 Å². The van der Waals surface area contributed by atoms with Crippen LogP contribution in [0.4, 0.5) is 5.69 Å². The lowest BCUT2D eigenvalue weighted by atomic mass is 10.0. The summed E-state index contributed by atoms with van der Waals surface area (Å²) in [6.45, 7) is 8.93. The highest BCUT2D eigenvalue weighted by Crippen LogP contribution is 2.23. The summed E-state index contributed by atoms with van der Waals surface area (Å²) in [6, 6.07) is 8.93. The average Bonchev–Trinajstić information content (AvgIpc) is 3.01. The Morgan fingerprint density at radius 1 is 1.23 bits per heavy atom. The summed E-state index contributed by atoms with van der Waals surface area (Å²) in [5.41, 5.74) is 2.08. The molecule has 2 aliphatic heterocycles. The minimum absolute atomic E-state index is 0.0566. The van der Waals surface area contributed by atoms with Gasteiger partial charge < -0.3 is 10.2 Å². The second-order valence-electron chi connectivity index (χ2n) is 8.04. The minimum Gasteiger partial charge on any atom is -0.339 e. The summed E-state index contributed by atoms with van der Waals surface area (Å²) in [7, 11) is 0. The van der Waals surface area contributed by atoms with Crippen LogP contribution in [-0.4, -0.2) is 46.8 Å². The second-order valence-corrected chi connectivity index (χ2v) is 8.04. The van der Waals surface area contributed by atoms with Gasteiger partial charge in [-0.3, -0.25) is 14.5 Å². The van der Waals surface area contributed by atoms with E-state index < -0.39 is 0 Å². The maximum atomic E-state index is 12.5. The molecule has 0 aliphatic carbocycles. The number of likely N-dealkylation sites (tertiary alicyclic amines) is 2. The SMILES string of the molecule is CC1CCCCN1Cc1ccc(NC(=O)C2CC(=O)N(C(C)C)C2)cc1. The van der Waals surface area contributed by atoms with E-state index in [1.165, 1.54) is 31.4 Å². The molecule has 0 radical (unpaired) electrons. The van der Waals surface area contributed by atoms with Gasteiger partial charge in [-0.05, 0) is 57.9 Å². The van der Waals surface area contributed by atoms with Crippen molar-refractivity contribution in [3.8, 4) is 0 Å². The standard InChI is InChI=1S/C21H31N3O2/c1-15(2)24-14-18(12-20(24)25)21(26)22-19-9-7-17(8-10-19)13-23-11-5-4-6-16(23)3/h7-10,15-16,18H,4-6,11-14H2,1-3H3,(H,22,26). The third-order valence-electron chi connectivity index (χ3n) is 5.70. The number of amides is 2. The lowest BCUT2D eigenvalue weighted by Crippen LogP contribution is -2.36. The molecule has 2 aliphatic rings. The highest BCUT2D eigenvalue weighted by Gasteiger charge is 2.35. The molecule has 2 heterocycles. The third kappa shape index (κ3) is 4.44. The summed E-state index contributed by atoms with van der Waals surface area (Å²) in [5.74, 6) is -0.233. The van der Waals surface area contributed by atoms with Crippen LogP contribution < -0.4 is 5.32 Å². The smallest absolute Gasteiger partial charge is 0.229 e. The molecule has 2 unspecified atom stereocenters. The van der Waals surface area contributed by atoms with E-state index in [1.54, 1.807) is 4.90 Å². The molecule has 5 nitrogen and oxygen atoms in total. The van der Waals surface area contributed by atoms with Gasteiger partial charge >= 0.3 is 0 Å². The summed E-state index contributed by atoms with van der Waals surface area (Å²) < 4.78 is 0. The van der Waals surface area contributed by atoms with E-state index in [0.29, 0.717) is 19.0 Å². The Kier molecular flexibility index (Phi) is 5.97. The van der Waals surface area contributed by atoms with Crippen molar-refractivity contribution in [1.29, 1.82) is 0 Å². The number of rotatable bonds is 5. The first-order valence-electron chi connectivity index (χ1n) is 9.87. The van der Waals surface area contributed by atoms with Crippen LogP contribution in [0, 0.1) is 5.92 Å². The number of benzene rings is 1. The fourth-order valence-corrected chi connectivity index (χ4v) is 3.97. The Balaban J connectivity index is 1.54. The largest absolute Gasteiger partial charge is 0.339 e. The summed E-state index contributed by atoms with van der Waals surface area (Å²) in [6.07, 6.45) is 4.21. The monoisotopic (exact) mass is 357 g/mol. The molecule has 1 N–H and O–H groups in total. The molecular weight excluding hydrogens is 326 g/mol. The second kappa shape index (κ2) is 8.21. The van der Waals surface area contributed by atoms with Gasteiger partial charge in [-0.15, -0.1) is 0 Å². The van der Waals surface area contributed by atoms with Crippen molar-refractivity contribution >= 4 is 17.5 Å². The zero-order chi connectivity index (χ0) is 18.7.